The number of nitrogens with one attached hydrogen (secondary N) is 1. The van der Waals surface area contributed by atoms with E-state index in [-0.39, 0.29) is 0 Å². The van der Waals surface area contributed by atoms with Crippen LogP contribution in [0.25, 0.3) is 0 Å². The maximum Gasteiger partial charge on any atom is 0.0320 e. The van der Waals surface area contributed by atoms with Crippen molar-refractivity contribution in [2.75, 3.05) is 26.2 Å². The number of rotatable bonds is 3. The molecule has 3 unspecified atom stereocenters. The van der Waals surface area contributed by atoms with Crippen LogP contribution >= 0.6 is 0 Å². The largest absolute Gasteiger partial charge is 0.316 e. The van der Waals surface area contributed by atoms with Gasteiger partial charge in [-0.25, -0.2) is 0 Å². The van der Waals surface area contributed by atoms with E-state index in [4.69, 9.17) is 0 Å². The molecule has 2 aliphatic heterocycles. The molecule has 0 saturated carbocycles. The minimum atomic E-state index is 0.571. The van der Waals surface area contributed by atoms with Gasteiger partial charge in [-0.05, 0) is 49.4 Å². The second-order valence-corrected chi connectivity index (χ2v) is 5.90. The van der Waals surface area contributed by atoms with E-state index in [0.717, 1.165) is 18.3 Å². The molecule has 2 nitrogen and oxygen atoms in total. The fourth-order valence-corrected chi connectivity index (χ4v) is 3.45. The van der Waals surface area contributed by atoms with E-state index in [0.29, 0.717) is 6.04 Å². The summed E-state index contributed by atoms with van der Waals surface area (Å²) in [6.45, 7) is 9.57. The first-order chi connectivity index (χ1) is 8.78. The van der Waals surface area contributed by atoms with Crippen LogP contribution in [-0.2, 0) is 6.42 Å². The Labute approximate surface area is 110 Å². The van der Waals surface area contributed by atoms with E-state index in [1.54, 1.807) is 0 Å². The predicted molar refractivity (Wildman–Crippen MR) is 75.7 cm³/mol. The zero-order valence-electron chi connectivity index (χ0n) is 11.5. The summed E-state index contributed by atoms with van der Waals surface area (Å²) < 4.78 is 0. The summed E-state index contributed by atoms with van der Waals surface area (Å²) in [5.74, 6) is 1.78. The van der Waals surface area contributed by atoms with E-state index in [2.05, 4.69) is 48.3 Å². The van der Waals surface area contributed by atoms with Gasteiger partial charge in [-0.1, -0.05) is 31.2 Å². The fraction of sp³-hybridized carbons (Fsp3) is 0.625. The van der Waals surface area contributed by atoms with Gasteiger partial charge in [0.1, 0.15) is 0 Å². The third-order valence-electron chi connectivity index (χ3n) is 4.84. The highest BCUT2D eigenvalue weighted by atomic mass is 15.2. The number of hydrogen-bond donors (Lipinski definition) is 1. The Morgan fingerprint density at radius 3 is 2.33 bits per heavy atom. The van der Waals surface area contributed by atoms with Gasteiger partial charge in [0.15, 0.2) is 0 Å². The predicted octanol–water partition coefficient (Wildman–Crippen LogP) is 2.46. The van der Waals surface area contributed by atoms with E-state index >= 15 is 0 Å². The molecule has 0 spiro atoms. The first kappa shape index (κ1) is 12.2. The van der Waals surface area contributed by atoms with E-state index in [9.17, 15) is 0 Å². The Kier molecular flexibility index (Phi) is 3.40. The van der Waals surface area contributed by atoms with Crippen molar-refractivity contribution in [2.24, 2.45) is 11.8 Å². The SMILES string of the molecule is CCc1ccc(C(C)N2CC3CNCC3C2)cc1. The Morgan fingerprint density at radius 2 is 1.78 bits per heavy atom. The standard InChI is InChI=1S/C16H24N2/c1-3-13-4-6-14(7-5-13)12(2)18-10-15-8-17-9-16(15)11-18/h4-7,12,15-17H,3,8-11H2,1-2H3. The molecule has 3 atom stereocenters. The van der Waals surface area contributed by atoms with Crippen LogP contribution < -0.4 is 5.32 Å². The van der Waals surface area contributed by atoms with Crippen molar-refractivity contribution < 1.29 is 0 Å². The molecule has 3 rings (SSSR count). The first-order valence-electron chi connectivity index (χ1n) is 7.31. The van der Waals surface area contributed by atoms with Gasteiger partial charge in [0.05, 0.1) is 0 Å². The van der Waals surface area contributed by atoms with Crippen LogP contribution in [0.2, 0.25) is 0 Å². The molecule has 1 N–H and O–H groups in total. The molecule has 0 aromatic heterocycles. The van der Waals surface area contributed by atoms with Gasteiger partial charge < -0.3 is 5.32 Å². The fourth-order valence-electron chi connectivity index (χ4n) is 3.45. The van der Waals surface area contributed by atoms with E-state index < -0.39 is 0 Å². The molecule has 1 aromatic carbocycles. The lowest BCUT2D eigenvalue weighted by Gasteiger charge is -2.25. The number of nitrogens with zero attached hydrogens (tertiary/aromatic N) is 1. The topological polar surface area (TPSA) is 15.3 Å². The van der Waals surface area contributed by atoms with Crippen LogP contribution in [-0.4, -0.2) is 31.1 Å². The molecule has 2 fully saturated rings. The summed E-state index contributed by atoms with van der Waals surface area (Å²) in [4.78, 5) is 2.66. The van der Waals surface area contributed by atoms with Gasteiger partial charge in [0, 0.05) is 19.1 Å². The van der Waals surface area contributed by atoms with Gasteiger partial charge in [-0.2, -0.15) is 0 Å². The van der Waals surface area contributed by atoms with E-state index in [1.165, 1.54) is 37.3 Å². The van der Waals surface area contributed by atoms with Crippen molar-refractivity contribution in [2.45, 2.75) is 26.3 Å². The van der Waals surface area contributed by atoms with Gasteiger partial charge in [0.2, 0.25) is 0 Å². The van der Waals surface area contributed by atoms with Crippen molar-refractivity contribution >= 4 is 0 Å². The quantitative estimate of drug-likeness (QED) is 0.878. The molecule has 98 valence electrons. The molecule has 18 heavy (non-hydrogen) atoms. The second kappa shape index (κ2) is 5.02. The average Bonchev–Trinajstić information content (AvgIpc) is 2.99. The lowest BCUT2D eigenvalue weighted by molar-refractivity contribution is 0.244. The zero-order valence-corrected chi connectivity index (χ0v) is 11.5. The van der Waals surface area contributed by atoms with Gasteiger partial charge in [-0.15, -0.1) is 0 Å². The van der Waals surface area contributed by atoms with Crippen LogP contribution in [0.15, 0.2) is 24.3 Å². The average molecular weight is 244 g/mol. The molecule has 2 heteroatoms. The molecule has 2 aliphatic rings. The third kappa shape index (κ3) is 2.19. The van der Waals surface area contributed by atoms with Crippen LogP contribution in [0.5, 0.6) is 0 Å². The Balaban J connectivity index is 1.68. The van der Waals surface area contributed by atoms with Crippen LogP contribution in [0.4, 0.5) is 0 Å². The van der Waals surface area contributed by atoms with Gasteiger partial charge in [0.25, 0.3) is 0 Å². The highest BCUT2D eigenvalue weighted by Gasteiger charge is 2.37. The smallest absolute Gasteiger partial charge is 0.0320 e. The van der Waals surface area contributed by atoms with Crippen molar-refractivity contribution in [3.05, 3.63) is 35.4 Å². The van der Waals surface area contributed by atoms with Crippen LogP contribution in [0.3, 0.4) is 0 Å². The lowest BCUT2D eigenvalue weighted by Crippen LogP contribution is -2.28. The van der Waals surface area contributed by atoms with Crippen LogP contribution in [0, 0.1) is 11.8 Å². The highest BCUT2D eigenvalue weighted by Crippen LogP contribution is 2.32. The molecular formula is C16H24N2. The van der Waals surface area contributed by atoms with Crippen molar-refractivity contribution in [1.82, 2.24) is 10.2 Å². The maximum atomic E-state index is 3.51. The molecule has 2 heterocycles. The highest BCUT2D eigenvalue weighted by molar-refractivity contribution is 5.25. The monoisotopic (exact) mass is 244 g/mol. The van der Waals surface area contributed by atoms with Crippen molar-refractivity contribution in [3.63, 3.8) is 0 Å². The molecule has 2 saturated heterocycles. The number of aryl methyl sites for hydroxylation is 1. The molecule has 1 aromatic rings. The number of hydrogen-bond acceptors (Lipinski definition) is 2. The second-order valence-electron chi connectivity index (χ2n) is 5.90. The van der Waals surface area contributed by atoms with Crippen LogP contribution in [0.1, 0.15) is 31.0 Å². The van der Waals surface area contributed by atoms with Gasteiger partial charge >= 0.3 is 0 Å². The Morgan fingerprint density at radius 1 is 1.17 bits per heavy atom. The summed E-state index contributed by atoms with van der Waals surface area (Å²) in [7, 11) is 0. The van der Waals surface area contributed by atoms with Crippen molar-refractivity contribution in [3.8, 4) is 0 Å². The number of likely N-dealkylation sites (tertiary alicyclic amines) is 1. The lowest BCUT2D eigenvalue weighted by atomic mass is 10.0. The Bertz CT molecular complexity index is 386. The number of benzene rings is 1. The summed E-state index contributed by atoms with van der Waals surface area (Å²) >= 11 is 0. The normalized spacial score (nSPS) is 29.4. The third-order valence-corrected chi connectivity index (χ3v) is 4.84. The molecule has 0 aliphatic carbocycles. The van der Waals surface area contributed by atoms with Crippen molar-refractivity contribution in [1.29, 1.82) is 0 Å². The molecule has 0 amide bonds. The first-order valence-corrected chi connectivity index (χ1v) is 7.31. The summed E-state index contributed by atoms with van der Waals surface area (Å²) in [5, 5.41) is 3.51. The summed E-state index contributed by atoms with van der Waals surface area (Å²) in [5.41, 5.74) is 2.91. The minimum Gasteiger partial charge on any atom is -0.316 e. The molecule has 0 bridgehead atoms. The summed E-state index contributed by atoms with van der Waals surface area (Å²) in [6.07, 6.45) is 1.13. The van der Waals surface area contributed by atoms with Gasteiger partial charge in [-0.3, -0.25) is 4.90 Å². The summed E-state index contributed by atoms with van der Waals surface area (Å²) in [6, 6.07) is 9.77. The maximum absolute atomic E-state index is 3.51. The molecule has 0 radical (unpaired) electrons. The Hall–Kier alpha value is -0.860. The van der Waals surface area contributed by atoms with E-state index in [1.807, 2.05) is 0 Å². The zero-order chi connectivity index (χ0) is 12.5. The minimum absolute atomic E-state index is 0.571. The molecular weight excluding hydrogens is 220 g/mol. The number of fused-ring (bicyclic) bond motifs is 1.